The highest BCUT2D eigenvalue weighted by molar-refractivity contribution is 4.96. The van der Waals surface area contributed by atoms with Gasteiger partial charge in [-0.1, -0.05) is 12.8 Å². The minimum absolute atomic E-state index is 0.000850. The highest BCUT2D eigenvalue weighted by atomic mass is 19.4. The van der Waals surface area contributed by atoms with Crippen LogP contribution in [-0.2, 0) is 4.74 Å². The summed E-state index contributed by atoms with van der Waals surface area (Å²) in [5.41, 5.74) is -1.11. The molecule has 2 nitrogen and oxygen atoms in total. The van der Waals surface area contributed by atoms with Crippen molar-refractivity contribution in [1.82, 2.24) is 0 Å². The Kier molecular flexibility index (Phi) is 4.69. The molecule has 0 bridgehead atoms. The Morgan fingerprint density at radius 3 is 2.45 bits per heavy atom. The van der Waals surface area contributed by atoms with Crippen LogP contribution in [0.15, 0.2) is 0 Å². The number of ether oxygens (including phenoxy) is 1. The lowest BCUT2D eigenvalue weighted by Crippen LogP contribution is -2.46. The van der Waals surface area contributed by atoms with E-state index in [1.807, 2.05) is 0 Å². The van der Waals surface area contributed by atoms with Gasteiger partial charge in [0.15, 0.2) is 0 Å². The topological polar surface area (TPSA) is 29.5 Å². The van der Waals surface area contributed by atoms with Crippen molar-refractivity contribution in [3.05, 3.63) is 0 Å². The van der Waals surface area contributed by atoms with E-state index >= 15 is 0 Å². The molecule has 0 aromatic rings. The summed E-state index contributed by atoms with van der Waals surface area (Å²) in [6.45, 7) is 2.32. The summed E-state index contributed by atoms with van der Waals surface area (Å²) in [4.78, 5) is 0. The number of aliphatic hydroxyl groups is 1. The maximum atomic E-state index is 12.2. The van der Waals surface area contributed by atoms with Crippen LogP contribution in [0, 0.1) is 5.92 Å². The Morgan fingerprint density at radius 2 is 1.85 bits per heavy atom. The molecule has 1 heterocycles. The van der Waals surface area contributed by atoms with Gasteiger partial charge in [-0.3, -0.25) is 0 Å². The zero-order valence-electron chi connectivity index (χ0n) is 12.1. The lowest BCUT2D eigenvalue weighted by Gasteiger charge is -2.44. The van der Waals surface area contributed by atoms with Crippen molar-refractivity contribution >= 4 is 0 Å². The van der Waals surface area contributed by atoms with Crippen molar-refractivity contribution in [1.29, 1.82) is 0 Å². The second kappa shape index (κ2) is 5.84. The van der Waals surface area contributed by atoms with Gasteiger partial charge in [-0.25, -0.2) is 0 Å². The van der Waals surface area contributed by atoms with E-state index in [-0.39, 0.29) is 24.4 Å². The molecule has 0 aromatic carbocycles. The number of halogens is 3. The molecule has 0 amide bonds. The molecular formula is C15H25F3O2. The summed E-state index contributed by atoms with van der Waals surface area (Å²) in [6, 6.07) is 0. The molecule has 20 heavy (non-hydrogen) atoms. The average Bonchev–Trinajstić information content (AvgIpc) is 2.75. The minimum Gasteiger partial charge on any atom is -0.390 e. The minimum atomic E-state index is -4.13. The van der Waals surface area contributed by atoms with E-state index in [2.05, 4.69) is 0 Å². The van der Waals surface area contributed by atoms with Gasteiger partial charge in [-0.2, -0.15) is 13.2 Å². The Hall–Kier alpha value is -0.290. The highest BCUT2D eigenvalue weighted by Gasteiger charge is 2.45. The van der Waals surface area contributed by atoms with E-state index < -0.39 is 18.2 Å². The second-order valence-electron chi connectivity index (χ2n) is 6.75. The summed E-state index contributed by atoms with van der Waals surface area (Å²) in [6.07, 6.45) is 1.20. The standard InChI is InChI=1S/C15H25F3O2/c1-13(19,6-4-9-15(16,17)18)12-5-10-20-14(11-12)7-2-3-8-14/h12,19H,2-11H2,1H3. The molecule has 2 rings (SSSR count). The average molecular weight is 294 g/mol. The number of hydrogen-bond donors (Lipinski definition) is 1. The summed E-state index contributed by atoms with van der Waals surface area (Å²) < 4.78 is 42.6. The normalized spacial score (nSPS) is 29.6. The molecule has 2 aliphatic rings. The molecule has 1 aliphatic carbocycles. The maximum Gasteiger partial charge on any atom is 0.389 e. The fourth-order valence-corrected chi connectivity index (χ4v) is 3.78. The first-order chi connectivity index (χ1) is 9.23. The largest absolute Gasteiger partial charge is 0.390 e. The van der Waals surface area contributed by atoms with Gasteiger partial charge in [0.05, 0.1) is 11.2 Å². The summed E-state index contributed by atoms with van der Waals surface area (Å²) in [7, 11) is 0. The molecule has 118 valence electrons. The van der Waals surface area contributed by atoms with E-state index in [0.717, 1.165) is 38.5 Å². The third kappa shape index (κ3) is 4.10. The SMILES string of the molecule is CC(O)(CCCC(F)(F)F)C1CCOC2(CCCC2)C1. The molecule has 1 spiro atoms. The van der Waals surface area contributed by atoms with Gasteiger partial charge in [0.1, 0.15) is 0 Å². The van der Waals surface area contributed by atoms with E-state index in [1.165, 1.54) is 0 Å². The predicted octanol–water partition coefficient (Wildman–Crippen LogP) is 4.21. The third-order valence-corrected chi connectivity index (χ3v) is 5.03. The Labute approximate surface area is 118 Å². The van der Waals surface area contributed by atoms with Crippen LogP contribution in [0.2, 0.25) is 0 Å². The smallest absolute Gasteiger partial charge is 0.389 e. The molecule has 2 unspecified atom stereocenters. The van der Waals surface area contributed by atoms with Gasteiger partial charge in [0, 0.05) is 13.0 Å². The van der Waals surface area contributed by atoms with Gasteiger partial charge in [0.2, 0.25) is 0 Å². The molecule has 0 radical (unpaired) electrons. The number of hydrogen-bond acceptors (Lipinski definition) is 2. The predicted molar refractivity (Wildman–Crippen MR) is 70.4 cm³/mol. The number of alkyl halides is 3. The van der Waals surface area contributed by atoms with E-state index in [9.17, 15) is 18.3 Å². The molecule has 2 fully saturated rings. The lowest BCUT2D eigenvalue weighted by molar-refractivity contribution is -0.149. The van der Waals surface area contributed by atoms with Crippen LogP contribution >= 0.6 is 0 Å². The second-order valence-corrected chi connectivity index (χ2v) is 6.75. The van der Waals surface area contributed by atoms with Crippen LogP contribution < -0.4 is 0 Å². The van der Waals surface area contributed by atoms with Gasteiger partial charge in [-0.15, -0.1) is 0 Å². The van der Waals surface area contributed by atoms with E-state index in [1.54, 1.807) is 6.92 Å². The zero-order chi connectivity index (χ0) is 14.9. The first-order valence-corrected chi connectivity index (χ1v) is 7.66. The molecule has 1 aliphatic heterocycles. The molecule has 1 N–H and O–H groups in total. The first-order valence-electron chi connectivity index (χ1n) is 7.66. The van der Waals surface area contributed by atoms with Crippen LogP contribution in [0.5, 0.6) is 0 Å². The molecule has 1 saturated carbocycles. The Morgan fingerprint density at radius 1 is 1.20 bits per heavy atom. The van der Waals surface area contributed by atoms with Crippen molar-refractivity contribution in [2.24, 2.45) is 5.92 Å². The fourth-order valence-electron chi connectivity index (χ4n) is 3.78. The van der Waals surface area contributed by atoms with Crippen LogP contribution in [0.1, 0.15) is 64.7 Å². The van der Waals surface area contributed by atoms with Gasteiger partial charge in [0.25, 0.3) is 0 Å². The fraction of sp³-hybridized carbons (Fsp3) is 1.00. The molecule has 2 atom stereocenters. The third-order valence-electron chi connectivity index (χ3n) is 5.03. The van der Waals surface area contributed by atoms with Crippen molar-refractivity contribution in [2.75, 3.05) is 6.61 Å². The molecule has 1 saturated heterocycles. The van der Waals surface area contributed by atoms with Crippen molar-refractivity contribution in [3.8, 4) is 0 Å². The summed E-state index contributed by atoms with van der Waals surface area (Å²) in [5, 5.41) is 10.6. The molecular weight excluding hydrogens is 269 g/mol. The van der Waals surface area contributed by atoms with Crippen molar-refractivity contribution < 1.29 is 23.0 Å². The van der Waals surface area contributed by atoms with E-state index in [0.29, 0.717) is 6.61 Å². The van der Waals surface area contributed by atoms with E-state index in [4.69, 9.17) is 4.74 Å². The van der Waals surface area contributed by atoms with Crippen LogP contribution in [-0.4, -0.2) is 29.1 Å². The summed E-state index contributed by atoms with van der Waals surface area (Å²) >= 11 is 0. The lowest BCUT2D eigenvalue weighted by atomic mass is 9.74. The zero-order valence-corrected chi connectivity index (χ0v) is 12.1. The highest BCUT2D eigenvalue weighted by Crippen LogP contribution is 2.45. The van der Waals surface area contributed by atoms with Gasteiger partial charge >= 0.3 is 6.18 Å². The Bertz CT molecular complexity index is 320. The number of rotatable bonds is 4. The van der Waals surface area contributed by atoms with Crippen LogP contribution in [0.25, 0.3) is 0 Å². The van der Waals surface area contributed by atoms with Crippen molar-refractivity contribution in [3.63, 3.8) is 0 Å². The Balaban J connectivity index is 1.88. The van der Waals surface area contributed by atoms with Crippen molar-refractivity contribution in [2.45, 2.75) is 82.1 Å². The monoisotopic (exact) mass is 294 g/mol. The maximum absolute atomic E-state index is 12.2. The summed E-state index contributed by atoms with van der Waals surface area (Å²) in [5.74, 6) is 0.0579. The van der Waals surface area contributed by atoms with Gasteiger partial charge in [-0.05, 0) is 51.4 Å². The van der Waals surface area contributed by atoms with Crippen LogP contribution in [0.4, 0.5) is 13.2 Å². The quantitative estimate of drug-likeness (QED) is 0.841. The van der Waals surface area contributed by atoms with Crippen LogP contribution in [0.3, 0.4) is 0 Å². The first kappa shape index (κ1) is 16.1. The molecule has 5 heteroatoms. The van der Waals surface area contributed by atoms with Gasteiger partial charge < -0.3 is 9.84 Å². The molecule has 0 aromatic heterocycles.